The number of allylic oxidation sites excluding steroid dienone is 1. The van der Waals surface area contributed by atoms with Gasteiger partial charge in [0.1, 0.15) is 11.5 Å². The van der Waals surface area contributed by atoms with Gasteiger partial charge in [0.25, 0.3) is 11.2 Å². The van der Waals surface area contributed by atoms with Gasteiger partial charge >= 0.3 is 5.97 Å². The van der Waals surface area contributed by atoms with Gasteiger partial charge < -0.3 is 9.15 Å². The smallest absolute Gasteiger partial charge is 0.338 e. The molecule has 0 bridgehead atoms. The fourth-order valence-corrected chi connectivity index (χ4v) is 6.28. The number of carbonyl (C=O) groups excluding carboxylic acids is 1. The number of furan rings is 1. The molecular formula is C30H26BrN3O6S. The summed E-state index contributed by atoms with van der Waals surface area (Å²) in [6.07, 6.45) is 1.63. The van der Waals surface area contributed by atoms with Gasteiger partial charge in [-0.3, -0.25) is 19.5 Å². The number of halogens is 1. The Morgan fingerprint density at radius 3 is 2.59 bits per heavy atom. The SMILES string of the molecule is CCOC(=O)C1=C(C)N=c2sc(=Cc3ccc(-c4ccc([N+](=O)[O-])cc4Br)o3)c(=O)n2C1c1ccc(C(C)C)cc1. The summed E-state index contributed by atoms with van der Waals surface area (Å²) < 4.78 is 13.8. The number of non-ortho nitro benzene ring substituents is 1. The average molecular weight is 637 g/mol. The molecule has 0 saturated carbocycles. The van der Waals surface area contributed by atoms with Gasteiger partial charge in [-0.1, -0.05) is 49.4 Å². The molecule has 1 aliphatic rings. The number of ether oxygens (including phenoxy) is 1. The molecule has 2 aromatic carbocycles. The number of nitro benzene ring substituents is 1. The van der Waals surface area contributed by atoms with Gasteiger partial charge in [-0.25, -0.2) is 9.79 Å². The number of aromatic nitrogens is 1. The van der Waals surface area contributed by atoms with Crippen LogP contribution in [0.25, 0.3) is 17.4 Å². The second-order valence-corrected chi connectivity index (χ2v) is 11.6. The van der Waals surface area contributed by atoms with Crippen molar-refractivity contribution in [2.45, 2.75) is 39.7 Å². The Morgan fingerprint density at radius 2 is 1.95 bits per heavy atom. The Bertz CT molecular complexity index is 1880. The second kappa shape index (κ2) is 11.4. The third-order valence-corrected chi connectivity index (χ3v) is 8.40. The van der Waals surface area contributed by atoms with Gasteiger partial charge in [-0.2, -0.15) is 0 Å². The lowest BCUT2D eigenvalue weighted by atomic mass is 9.93. The number of nitrogens with zero attached hydrogens (tertiary/aromatic N) is 3. The van der Waals surface area contributed by atoms with Crippen molar-refractivity contribution in [1.82, 2.24) is 4.57 Å². The number of hydrogen-bond donors (Lipinski definition) is 0. The van der Waals surface area contributed by atoms with Crippen LogP contribution in [0.5, 0.6) is 0 Å². The summed E-state index contributed by atoms with van der Waals surface area (Å²) in [5.41, 5.74) is 3.03. The van der Waals surface area contributed by atoms with Gasteiger partial charge in [0.2, 0.25) is 0 Å². The molecule has 9 nitrogen and oxygen atoms in total. The molecule has 3 heterocycles. The maximum atomic E-state index is 13.8. The van der Waals surface area contributed by atoms with E-state index in [-0.39, 0.29) is 17.9 Å². The number of benzene rings is 2. The van der Waals surface area contributed by atoms with Crippen LogP contribution in [0.15, 0.2) is 84.5 Å². The van der Waals surface area contributed by atoms with E-state index >= 15 is 0 Å². The van der Waals surface area contributed by atoms with E-state index in [9.17, 15) is 19.7 Å². The maximum absolute atomic E-state index is 13.8. The summed E-state index contributed by atoms with van der Waals surface area (Å²) in [5.74, 6) is 0.729. The Morgan fingerprint density at radius 1 is 1.22 bits per heavy atom. The number of carbonyl (C=O) groups is 1. The quantitative estimate of drug-likeness (QED) is 0.143. The van der Waals surface area contributed by atoms with E-state index < -0.39 is 16.9 Å². The number of fused-ring (bicyclic) bond motifs is 1. The molecule has 0 spiro atoms. The fourth-order valence-electron chi connectivity index (χ4n) is 4.69. The normalized spacial score (nSPS) is 15.2. The molecule has 1 atom stereocenters. The van der Waals surface area contributed by atoms with Crippen LogP contribution in [0.3, 0.4) is 0 Å². The zero-order valence-corrected chi connectivity index (χ0v) is 25.1. The minimum absolute atomic E-state index is 0.0422. The van der Waals surface area contributed by atoms with Crippen LogP contribution in [0, 0.1) is 10.1 Å². The van der Waals surface area contributed by atoms with E-state index in [1.54, 1.807) is 38.1 Å². The van der Waals surface area contributed by atoms with Crippen LogP contribution in [-0.2, 0) is 9.53 Å². The van der Waals surface area contributed by atoms with Crippen molar-refractivity contribution in [1.29, 1.82) is 0 Å². The highest BCUT2D eigenvalue weighted by Gasteiger charge is 2.33. The Labute approximate surface area is 247 Å². The first-order valence-electron chi connectivity index (χ1n) is 12.9. The Hall–Kier alpha value is -4.09. The minimum Gasteiger partial charge on any atom is -0.463 e. The molecule has 0 aliphatic carbocycles. The monoisotopic (exact) mass is 635 g/mol. The predicted octanol–water partition coefficient (Wildman–Crippen LogP) is 5.85. The summed E-state index contributed by atoms with van der Waals surface area (Å²) in [6.45, 7) is 7.89. The van der Waals surface area contributed by atoms with Crippen LogP contribution in [-0.4, -0.2) is 22.1 Å². The molecule has 0 fully saturated rings. The minimum atomic E-state index is -0.697. The van der Waals surface area contributed by atoms with Crippen molar-refractivity contribution in [3.05, 3.63) is 117 Å². The van der Waals surface area contributed by atoms with Crippen molar-refractivity contribution < 1.29 is 18.9 Å². The van der Waals surface area contributed by atoms with Gasteiger partial charge in [-0.15, -0.1) is 0 Å². The second-order valence-electron chi connectivity index (χ2n) is 9.75. The number of nitro groups is 1. The summed E-state index contributed by atoms with van der Waals surface area (Å²) in [6, 6.07) is 15.1. The van der Waals surface area contributed by atoms with Gasteiger partial charge in [0.15, 0.2) is 4.80 Å². The van der Waals surface area contributed by atoms with E-state index in [2.05, 4.69) is 34.8 Å². The molecule has 0 saturated heterocycles. The summed E-state index contributed by atoms with van der Waals surface area (Å²) in [4.78, 5) is 42.6. The predicted molar refractivity (Wildman–Crippen MR) is 159 cm³/mol. The van der Waals surface area contributed by atoms with E-state index in [1.807, 2.05) is 24.3 Å². The maximum Gasteiger partial charge on any atom is 0.338 e. The highest BCUT2D eigenvalue weighted by atomic mass is 79.9. The van der Waals surface area contributed by atoms with Crippen molar-refractivity contribution >= 4 is 45.0 Å². The molecule has 11 heteroatoms. The largest absolute Gasteiger partial charge is 0.463 e. The molecule has 41 heavy (non-hydrogen) atoms. The molecule has 2 aromatic heterocycles. The summed E-state index contributed by atoms with van der Waals surface area (Å²) >= 11 is 4.58. The molecule has 4 aromatic rings. The lowest BCUT2D eigenvalue weighted by molar-refractivity contribution is -0.384. The van der Waals surface area contributed by atoms with E-state index in [0.717, 1.165) is 11.1 Å². The van der Waals surface area contributed by atoms with Crippen LogP contribution in [0.2, 0.25) is 0 Å². The van der Waals surface area contributed by atoms with Crippen molar-refractivity contribution in [3.8, 4) is 11.3 Å². The lowest BCUT2D eigenvalue weighted by Gasteiger charge is -2.25. The average Bonchev–Trinajstić information content (AvgIpc) is 3.52. The molecule has 0 N–H and O–H groups in total. The molecule has 210 valence electrons. The number of rotatable bonds is 7. The van der Waals surface area contributed by atoms with Crippen molar-refractivity contribution in [3.63, 3.8) is 0 Å². The van der Waals surface area contributed by atoms with E-state index in [1.165, 1.54) is 28.0 Å². The van der Waals surface area contributed by atoms with Crippen LogP contribution < -0.4 is 14.9 Å². The number of hydrogen-bond acceptors (Lipinski definition) is 8. The Balaban J connectivity index is 1.60. The van der Waals surface area contributed by atoms with Gasteiger partial charge in [0.05, 0.1) is 33.4 Å². The van der Waals surface area contributed by atoms with Crippen molar-refractivity contribution in [2.24, 2.45) is 4.99 Å². The van der Waals surface area contributed by atoms with Crippen LogP contribution in [0.1, 0.15) is 56.5 Å². The first-order chi connectivity index (χ1) is 19.6. The first-order valence-corrected chi connectivity index (χ1v) is 14.5. The van der Waals surface area contributed by atoms with E-state index in [0.29, 0.717) is 48.1 Å². The third kappa shape index (κ3) is 5.47. The lowest BCUT2D eigenvalue weighted by Crippen LogP contribution is -2.39. The molecule has 0 amide bonds. The molecule has 1 aliphatic heterocycles. The topological polar surface area (TPSA) is 117 Å². The zero-order chi connectivity index (χ0) is 29.4. The molecule has 1 unspecified atom stereocenters. The standard InChI is InChI=1S/C30H26BrN3O6S/c1-5-39-29(36)26-17(4)32-30-33(27(26)19-8-6-18(7-9-19)16(2)3)28(35)25(41-30)15-21-11-13-24(40-21)22-12-10-20(34(37)38)14-23(22)31/h6-16,27H,5H2,1-4H3. The van der Waals surface area contributed by atoms with E-state index in [4.69, 9.17) is 9.15 Å². The summed E-state index contributed by atoms with van der Waals surface area (Å²) in [5, 5.41) is 11.1. The molecule has 5 rings (SSSR count). The highest BCUT2D eigenvalue weighted by molar-refractivity contribution is 9.10. The Kier molecular flexibility index (Phi) is 7.92. The summed E-state index contributed by atoms with van der Waals surface area (Å²) in [7, 11) is 0. The van der Waals surface area contributed by atoms with Crippen LogP contribution >= 0.6 is 27.3 Å². The molecule has 0 radical (unpaired) electrons. The van der Waals surface area contributed by atoms with Crippen molar-refractivity contribution in [2.75, 3.05) is 6.61 Å². The molecular weight excluding hydrogens is 610 g/mol. The first kappa shape index (κ1) is 28.4. The van der Waals surface area contributed by atoms with Crippen LogP contribution in [0.4, 0.5) is 5.69 Å². The zero-order valence-electron chi connectivity index (χ0n) is 22.7. The fraction of sp³-hybridized carbons (Fsp3) is 0.233. The van der Waals surface area contributed by atoms with Gasteiger partial charge in [0, 0.05) is 28.2 Å². The highest BCUT2D eigenvalue weighted by Crippen LogP contribution is 2.33. The number of thiazole rings is 1. The number of esters is 1. The third-order valence-electron chi connectivity index (χ3n) is 6.76. The van der Waals surface area contributed by atoms with Gasteiger partial charge in [-0.05, 0) is 65.0 Å².